The van der Waals surface area contributed by atoms with Crippen LogP contribution in [0.25, 0.3) is 0 Å². The van der Waals surface area contributed by atoms with E-state index in [0.29, 0.717) is 19.0 Å². The smallest absolute Gasteiger partial charge is 0.393 e. The van der Waals surface area contributed by atoms with Gasteiger partial charge in [0.15, 0.2) is 5.96 Å². The number of nitrogens with one attached hydrogen (secondary N) is 1. The van der Waals surface area contributed by atoms with Crippen molar-refractivity contribution in [2.75, 3.05) is 27.2 Å². The number of nitrogens with zero attached hydrogens (tertiary/aromatic N) is 3. The molecule has 1 fully saturated rings. The lowest BCUT2D eigenvalue weighted by Crippen LogP contribution is -2.38. The summed E-state index contributed by atoms with van der Waals surface area (Å²) in [7, 11) is 3.54. The normalized spacial score (nSPS) is 15.8. The minimum absolute atomic E-state index is 0. The number of aliphatic hydroxyl groups is 1. The van der Waals surface area contributed by atoms with Crippen LogP contribution in [0.5, 0.6) is 0 Å². The Kier molecular flexibility index (Phi) is 10.4. The zero-order chi connectivity index (χ0) is 23.1. The summed E-state index contributed by atoms with van der Waals surface area (Å²) in [6, 6.07) is 13.6. The number of hydrogen-bond donors (Lipinski definition) is 2. The third-order valence-electron chi connectivity index (χ3n) is 5.71. The largest absolute Gasteiger partial charge is 0.416 e. The van der Waals surface area contributed by atoms with E-state index in [1.807, 2.05) is 11.9 Å². The van der Waals surface area contributed by atoms with Crippen molar-refractivity contribution in [1.29, 1.82) is 0 Å². The number of aliphatic imine (C=N–C) groups is 1. The Morgan fingerprint density at radius 1 is 1.03 bits per heavy atom. The maximum Gasteiger partial charge on any atom is 0.416 e. The van der Waals surface area contributed by atoms with E-state index in [9.17, 15) is 18.3 Å². The van der Waals surface area contributed by atoms with Crippen LogP contribution in [0.4, 0.5) is 13.2 Å². The first-order valence-corrected chi connectivity index (χ1v) is 10.8. The third kappa shape index (κ3) is 8.46. The second-order valence-corrected chi connectivity index (χ2v) is 8.28. The Labute approximate surface area is 210 Å². The molecule has 5 nitrogen and oxygen atoms in total. The number of hydrogen-bond acceptors (Lipinski definition) is 3. The van der Waals surface area contributed by atoms with Crippen molar-refractivity contribution < 1.29 is 18.3 Å². The molecule has 0 amide bonds. The maximum absolute atomic E-state index is 12.7. The molecule has 9 heteroatoms. The standard InChI is InChI=1S/C24H31F3N4O.HI/c1-28-23(30(2)16-19-7-9-21(10-8-19)24(25,26)27)29-15-18-3-5-20(6-4-18)17-31-13-11-22(32)12-14-31;/h3-10,22,32H,11-17H2,1-2H3,(H,28,29);1H. The van der Waals surface area contributed by atoms with Crippen molar-refractivity contribution in [3.05, 3.63) is 70.8 Å². The minimum Gasteiger partial charge on any atom is -0.393 e. The highest BCUT2D eigenvalue weighted by Gasteiger charge is 2.30. The number of aliphatic hydroxyl groups excluding tert-OH is 1. The van der Waals surface area contributed by atoms with E-state index >= 15 is 0 Å². The lowest BCUT2D eigenvalue weighted by Gasteiger charge is -2.29. The van der Waals surface area contributed by atoms with Gasteiger partial charge in [-0.2, -0.15) is 13.2 Å². The van der Waals surface area contributed by atoms with Crippen molar-refractivity contribution in [2.45, 2.75) is 44.8 Å². The number of halogens is 4. The second-order valence-electron chi connectivity index (χ2n) is 8.28. The fourth-order valence-electron chi connectivity index (χ4n) is 3.81. The Morgan fingerprint density at radius 2 is 1.58 bits per heavy atom. The molecular formula is C24H32F3IN4O. The van der Waals surface area contributed by atoms with Crippen molar-refractivity contribution in [1.82, 2.24) is 15.1 Å². The minimum atomic E-state index is -4.33. The summed E-state index contributed by atoms with van der Waals surface area (Å²) in [5, 5.41) is 12.9. The van der Waals surface area contributed by atoms with Gasteiger partial charge in [0.2, 0.25) is 0 Å². The van der Waals surface area contributed by atoms with Crippen LogP contribution in [-0.4, -0.2) is 54.2 Å². The number of rotatable bonds is 6. The fraction of sp³-hybridized carbons (Fsp3) is 0.458. The molecule has 2 N–H and O–H groups in total. The monoisotopic (exact) mass is 576 g/mol. The maximum atomic E-state index is 12.7. The third-order valence-corrected chi connectivity index (χ3v) is 5.71. The molecule has 182 valence electrons. The molecule has 0 bridgehead atoms. The van der Waals surface area contributed by atoms with Gasteiger partial charge >= 0.3 is 6.18 Å². The fourth-order valence-corrected chi connectivity index (χ4v) is 3.81. The summed E-state index contributed by atoms with van der Waals surface area (Å²) in [6.45, 7) is 3.78. The molecule has 1 aliphatic heterocycles. The Hall–Kier alpha value is -1.85. The van der Waals surface area contributed by atoms with E-state index in [4.69, 9.17) is 0 Å². The molecule has 0 radical (unpaired) electrons. The van der Waals surface area contributed by atoms with Crippen LogP contribution in [0.15, 0.2) is 53.5 Å². The first kappa shape index (κ1) is 27.4. The van der Waals surface area contributed by atoms with Gasteiger partial charge in [-0.15, -0.1) is 24.0 Å². The van der Waals surface area contributed by atoms with Gasteiger partial charge < -0.3 is 15.3 Å². The van der Waals surface area contributed by atoms with Crippen molar-refractivity contribution in [2.24, 2.45) is 4.99 Å². The average Bonchev–Trinajstić information content (AvgIpc) is 2.76. The van der Waals surface area contributed by atoms with E-state index < -0.39 is 11.7 Å². The molecule has 33 heavy (non-hydrogen) atoms. The summed E-state index contributed by atoms with van der Waals surface area (Å²) < 4.78 is 38.2. The summed E-state index contributed by atoms with van der Waals surface area (Å²) >= 11 is 0. The molecular weight excluding hydrogens is 544 g/mol. The molecule has 0 atom stereocenters. The highest BCUT2D eigenvalue weighted by Crippen LogP contribution is 2.29. The van der Waals surface area contributed by atoms with E-state index in [1.165, 1.54) is 17.7 Å². The van der Waals surface area contributed by atoms with Gasteiger partial charge in [0, 0.05) is 46.8 Å². The predicted octanol–water partition coefficient (Wildman–Crippen LogP) is 4.49. The van der Waals surface area contributed by atoms with Crippen LogP contribution in [0.2, 0.25) is 0 Å². The molecule has 0 spiro atoms. The lowest BCUT2D eigenvalue weighted by atomic mass is 10.1. The van der Waals surface area contributed by atoms with Crippen LogP contribution in [-0.2, 0) is 25.8 Å². The molecule has 0 aromatic heterocycles. The Balaban J connectivity index is 0.00000385. The molecule has 1 saturated heterocycles. The van der Waals surface area contributed by atoms with Crippen molar-refractivity contribution in [3.63, 3.8) is 0 Å². The van der Waals surface area contributed by atoms with Gasteiger partial charge in [-0.3, -0.25) is 9.89 Å². The van der Waals surface area contributed by atoms with Crippen molar-refractivity contribution >= 4 is 29.9 Å². The number of piperidine rings is 1. The molecule has 2 aromatic rings. The highest BCUT2D eigenvalue weighted by molar-refractivity contribution is 14.0. The summed E-state index contributed by atoms with van der Waals surface area (Å²) in [4.78, 5) is 8.52. The second kappa shape index (κ2) is 12.6. The summed E-state index contributed by atoms with van der Waals surface area (Å²) in [5.74, 6) is 0.667. The molecule has 0 unspecified atom stereocenters. The average molecular weight is 576 g/mol. The predicted molar refractivity (Wildman–Crippen MR) is 135 cm³/mol. The van der Waals surface area contributed by atoms with E-state index in [1.54, 1.807) is 7.05 Å². The van der Waals surface area contributed by atoms with Crippen LogP contribution in [0.1, 0.15) is 35.1 Å². The molecule has 0 saturated carbocycles. The molecule has 1 heterocycles. The van der Waals surface area contributed by atoms with Crippen LogP contribution < -0.4 is 5.32 Å². The summed E-state index contributed by atoms with van der Waals surface area (Å²) in [5.41, 5.74) is 2.49. The number of benzene rings is 2. The molecule has 2 aromatic carbocycles. The van der Waals surface area contributed by atoms with Gasteiger partial charge in [-0.1, -0.05) is 36.4 Å². The SMILES string of the molecule is CN=C(NCc1ccc(CN2CCC(O)CC2)cc1)N(C)Cc1ccc(C(F)(F)F)cc1.I. The molecule has 3 rings (SSSR count). The topological polar surface area (TPSA) is 51.1 Å². The highest BCUT2D eigenvalue weighted by atomic mass is 127. The quantitative estimate of drug-likeness (QED) is 0.303. The summed E-state index contributed by atoms with van der Waals surface area (Å²) in [6.07, 6.45) is -2.82. The van der Waals surface area contributed by atoms with Gasteiger partial charge in [-0.25, -0.2) is 0 Å². The van der Waals surface area contributed by atoms with Crippen LogP contribution in [0.3, 0.4) is 0 Å². The van der Waals surface area contributed by atoms with Gasteiger partial charge in [0.1, 0.15) is 0 Å². The first-order chi connectivity index (χ1) is 15.2. The molecule has 1 aliphatic rings. The number of alkyl halides is 3. The molecule has 0 aliphatic carbocycles. The van der Waals surface area contributed by atoms with E-state index in [-0.39, 0.29) is 30.1 Å². The van der Waals surface area contributed by atoms with Crippen LogP contribution >= 0.6 is 24.0 Å². The van der Waals surface area contributed by atoms with Gasteiger partial charge in [-0.05, 0) is 41.7 Å². The Bertz CT molecular complexity index is 880. The van der Waals surface area contributed by atoms with Crippen LogP contribution in [0, 0.1) is 0 Å². The Morgan fingerprint density at radius 3 is 2.12 bits per heavy atom. The lowest BCUT2D eigenvalue weighted by molar-refractivity contribution is -0.137. The first-order valence-electron chi connectivity index (χ1n) is 10.8. The van der Waals surface area contributed by atoms with E-state index in [0.717, 1.165) is 55.7 Å². The van der Waals surface area contributed by atoms with Gasteiger partial charge in [0.05, 0.1) is 11.7 Å². The zero-order valence-corrected chi connectivity index (χ0v) is 21.3. The van der Waals surface area contributed by atoms with Crippen molar-refractivity contribution in [3.8, 4) is 0 Å². The number of guanidine groups is 1. The van der Waals surface area contributed by atoms with Gasteiger partial charge in [0.25, 0.3) is 0 Å². The number of likely N-dealkylation sites (tertiary alicyclic amines) is 1. The van der Waals surface area contributed by atoms with E-state index in [2.05, 4.69) is 39.5 Å². The zero-order valence-electron chi connectivity index (χ0n) is 19.0.